The topological polar surface area (TPSA) is 101 Å². The van der Waals surface area contributed by atoms with Gasteiger partial charge in [-0.2, -0.15) is 4.68 Å². The van der Waals surface area contributed by atoms with Crippen LogP contribution in [0, 0.1) is 0 Å². The van der Waals surface area contributed by atoms with Gasteiger partial charge in [-0.05, 0) is 22.6 Å². The number of H-pyrrole nitrogens is 1. The molecule has 0 aliphatic carbocycles. The summed E-state index contributed by atoms with van der Waals surface area (Å²) in [4.78, 5) is 18.3. The van der Waals surface area contributed by atoms with Crippen molar-refractivity contribution in [2.24, 2.45) is 0 Å². The van der Waals surface area contributed by atoms with Crippen LogP contribution in [0.25, 0.3) is 5.69 Å². The molecule has 2 heterocycles. The van der Waals surface area contributed by atoms with E-state index in [9.17, 15) is 4.79 Å². The van der Waals surface area contributed by atoms with Gasteiger partial charge >= 0.3 is 0 Å². The third-order valence-electron chi connectivity index (χ3n) is 2.68. The molecule has 8 nitrogen and oxygen atoms in total. The quantitative estimate of drug-likeness (QED) is 0.710. The highest BCUT2D eigenvalue weighted by molar-refractivity contribution is 5.91. The molecule has 0 saturated carbocycles. The summed E-state index contributed by atoms with van der Waals surface area (Å²) >= 11 is 0. The minimum absolute atomic E-state index is 0.222. The molecule has 0 bridgehead atoms. The molecule has 3 rings (SSSR count). The number of hydrogen-bond donors (Lipinski definition) is 2. The predicted octanol–water partition coefficient (Wildman–Crippen LogP) is 0.315. The lowest BCUT2D eigenvalue weighted by Crippen LogP contribution is -2.25. The van der Waals surface area contributed by atoms with Gasteiger partial charge in [-0.15, -0.1) is 5.10 Å². The molecule has 3 aromatic rings. The Labute approximate surface area is 113 Å². The smallest absolute Gasteiger partial charge is 0.269 e. The van der Waals surface area contributed by atoms with E-state index < -0.39 is 0 Å². The van der Waals surface area contributed by atoms with Crippen LogP contribution in [0.4, 0.5) is 0 Å². The molecule has 0 fully saturated rings. The number of aromatic amines is 1. The van der Waals surface area contributed by atoms with E-state index in [2.05, 4.69) is 30.8 Å². The fourth-order valence-electron chi connectivity index (χ4n) is 1.72. The van der Waals surface area contributed by atoms with Crippen LogP contribution in [0.15, 0.2) is 42.9 Å². The van der Waals surface area contributed by atoms with Gasteiger partial charge in [-0.25, -0.2) is 4.98 Å². The first-order valence-electron chi connectivity index (χ1n) is 5.94. The third-order valence-corrected chi connectivity index (χ3v) is 2.68. The lowest BCUT2D eigenvalue weighted by atomic mass is 10.3. The van der Waals surface area contributed by atoms with Crippen LogP contribution < -0.4 is 5.32 Å². The molecule has 0 atom stereocenters. The molecule has 0 radical (unpaired) electrons. The van der Waals surface area contributed by atoms with Crippen molar-refractivity contribution < 1.29 is 4.79 Å². The zero-order valence-electron chi connectivity index (χ0n) is 10.4. The molecular formula is C12H11N7O. The van der Waals surface area contributed by atoms with E-state index in [4.69, 9.17) is 0 Å². The Hall–Kier alpha value is -3.03. The van der Waals surface area contributed by atoms with Crippen LogP contribution in [0.5, 0.6) is 0 Å². The van der Waals surface area contributed by atoms with Gasteiger partial charge < -0.3 is 10.3 Å². The van der Waals surface area contributed by atoms with Crippen LogP contribution in [-0.2, 0) is 6.54 Å². The van der Waals surface area contributed by atoms with E-state index in [1.807, 2.05) is 30.3 Å². The maximum atomic E-state index is 11.8. The summed E-state index contributed by atoms with van der Waals surface area (Å²) in [6.07, 6.45) is 2.90. The Balaban J connectivity index is 1.73. The maximum Gasteiger partial charge on any atom is 0.269 e. The van der Waals surface area contributed by atoms with Gasteiger partial charge in [0, 0.05) is 0 Å². The van der Waals surface area contributed by atoms with Crippen molar-refractivity contribution in [3.05, 3.63) is 54.4 Å². The molecule has 0 saturated heterocycles. The Kier molecular flexibility index (Phi) is 3.19. The first kappa shape index (κ1) is 12.0. The van der Waals surface area contributed by atoms with Crippen molar-refractivity contribution in [3.63, 3.8) is 0 Å². The van der Waals surface area contributed by atoms with E-state index in [-0.39, 0.29) is 12.5 Å². The highest BCUT2D eigenvalue weighted by atomic mass is 16.1. The minimum Gasteiger partial charge on any atom is -0.343 e. The molecule has 0 unspecified atom stereocenters. The second kappa shape index (κ2) is 5.31. The molecule has 0 spiro atoms. The number of tetrazole rings is 1. The number of carbonyl (C=O) groups is 1. The minimum atomic E-state index is -0.259. The first-order valence-corrected chi connectivity index (χ1v) is 5.94. The number of nitrogens with one attached hydrogen (secondary N) is 2. The van der Waals surface area contributed by atoms with Crippen molar-refractivity contribution in [3.8, 4) is 5.69 Å². The molecule has 100 valence electrons. The number of rotatable bonds is 4. The monoisotopic (exact) mass is 269 g/mol. The maximum absolute atomic E-state index is 11.8. The van der Waals surface area contributed by atoms with Crippen LogP contribution >= 0.6 is 0 Å². The third kappa shape index (κ3) is 2.39. The average molecular weight is 269 g/mol. The van der Waals surface area contributed by atoms with Crippen molar-refractivity contribution in [2.45, 2.75) is 6.54 Å². The standard InChI is InChI=1S/C12H11N7O/c20-12(10-6-13-8-15-10)14-7-11-16-17-18-19(11)9-4-2-1-3-5-9/h1-6,8H,7H2,(H,13,15)(H,14,20). The van der Waals surface area contributed by atoms with Crippen molar-refractivity contribution in [1.82, 2.24) is 35.5 Å². The van der Waals surface area contributed by atoms with Gasteiger partial charge in [-0.1, -0.05) is 18.2 Å². The molecule has 0 aliphatic heterocycles. The summed E-state index contributed by atoms with van der Waals surface area (Å²) in [6, 6.07) is 9.47. The molecule has 8 heteroatoms. The number of hydrogen-bond acceptors (Lipinski definition) is 5. The number of benzene rings is 1. The van der Waals surface area contributed by atoms with E-state index in [1.165, 1.54) is 12.5 Å². The lowest BCUT2D eigenvalue weighted by Gasteiger charge is -2.05. The van der Waals surface area contributed by atoms with Crippen LogP contribution in [-0.4, -0.2) is 36.1 Å². The lowest BCUT2D eigenvalue weighted by molar-refractivity contribution is 0.0945. The molecule has 1 aromatic carbocycles. The Morgan fingerprint density at radius 3 is 2.90 bits per heavy atom. The van der Waals surface area contributed by atoms with Crippen molar-refractivity contribution in [2.75, 3.05) is 0 Å². The number of aromatic nitrogens is 6. The molecule has 1 amide bonds. The SMILES string of the molecule is O=C(NCc1nnnn1-c1ccccc1)c1cnc[nH]1. The van der Waals surface area contributed by atoms with Gasteiger partial charge in [0.25, 0.3) is 5.91 Å². The number of imidazole rings is 1. The first-order chi connectivity index (χ1) is 9.84. The molecular weight excluding hydrogens is 258 g/mol. The fraction of sp³-hybridized carbons (Fsp3) is 0.0833. The summed E-state index contributed by atoms with van der Waals surface area (Å²) in [5.41, 5.74) is 1.23. The molecule has 2 N–H and O–H groups in total. The largest absolute Gasteiger partial charge is 0.343 e. The average Bonchev–Trinajstić information content (AvgIpc) is 3.17. The van der Waals surface area contributed by atoms with Crippen LogP contribution in [0.1, 0.15) is 16.3 Å². The Morgan fingerprint density at radius 1 is 1.30 bits per heavy atom. The summed E-state index contributed by atoms with van der Waals surface area (Å²) in [5.74, 6) is 0.286. The zero-order chi connectivity index (χ0) is 13.8. The van der Waals surface area contributed by atoms with E-state index in [1.54, 1.807) is 4.68 Å². The number of amides is 1. The van der Waals surface area contributed by atoms with Crippen LogP contribution in [0.2, 0.25) is 0 Å². The predicted molar refractivity (Wildman–Crippen MR) is 68.9 cm³/mol. The van der Waals surface area contributed by atoms with Crippen LogP contribution in [0.3, 0.4) is 0 Å². The summed E-state index contributed by atoms with van der Waals surface area (Å²) in [5, 5.41) is 14.2. The van der Waals surface area contributed by atoms with Gasteiger partial charge in [0.05, 0.1) is 24.8 Å². The van der Waals surface area contributed by atoms with Gasteiger partial charge in [0.2, 0.25) is 0 Å². The Morgan fingerprint density at radius 2 is 2.15 bits per heavy atom. The number of nitrogens with zero attached hydrogens (tertiary/aromatic N) is 5. The summed E-state index contributed by atoms with van der Waals surface area (Å²) in [6.45, 7) is 0.222. The van der Waals surface area contributed by atoms with E-state index >= 15 is 0 Å². The molecule has 0 aliphatic rings. The highest BCUT2D eigenvalue weighted by Crippen LogP contribution is 2.06. The summed E-state index contributed by atoms with van der Waals surface area (Å²) < 4.78 is 1.58. The Bertz CT molecular complexity index is 690. The molecule has 20 heavy (non-hydrogen) atoms. The summed E-state index contributed by atoms with van der Waals surface area (Å²) in [7, 11) is 0. The van der Waals surface area contributed by atoms with Gasteiger partial charge in [0.15, 0.2) is 5.82 Å². The molecule has 2 aromatic heterocycles. The van der Waals surface area contributed by atoms with E-state index in [0.717, 1.165) is 5.69 Å². The van der Waals surface area contributed by atoms with Gasteiger partial charge in [-0.3, -0.25) is 4.79 Å². The normalized spacial score (nSPS) is 10.4. The number of carbonyl (C=O) groups excluding carboxylic acids is 1. The number of para-hydroxylation sites is 1. The second-order valence-corrected chi connectivity index (χ2v) is 3.99. The van der Waals surface area contributed by atoms with Gasteiger partial charge in [0.1, 0.15) is 5.69 Å². The second-order valence-electron chi connectivity index (χ2n) is 3.99. The fourth-order valence-corrected chi connectivity index (χ4v) is 1.72. The van der Waals surface area contributed by atoms with E-state index in [0.29, 0.717) is 11.5 Å². The zero-order valence-corrected chi connectivity index (χ0v) is 10.4. The van der Waals surface area contributed by atoms with Crippen molar-refractivity contribution >= 4 is 5.91 Å². The van der Waals surface area contributed by atoms with Crippen molar-refractivity contribution in [1.29, 1.82) is 0 Å². The highest BCUT2D eigenvalue weighted by Gasteiger charge is 2.11.